The molecule has 2 heterocycles. The molecule has 1 aromatic rings. The van der Waals surface area contributed by atoms with Crippen LogP contribution in [0.4, 0.5) is 0 Å². The number of hydrogen-bond acceptors (Lipinski definition) is 3. The second-order valence-corrected chi connectivity index (χ2v) is 4.60. The third-order valence-corrected chi connectivity index (χ3v) is 3.37. The van der Waals surface area contributed by atoms with Gasteiger partial charge in [0.05, 0.1) is 23.7 Å². The molecule has 0 aromatic carbocycles. The van der Waals surface area contributed by atoms with Crippen LogP contribution in [0.5, 0.6) is 0 Å². The Morgan fingerprint density at radius 3 is 2.83 bits per heavy atom. The molecule has 1 aromatic heterocycles. The van der Waals surface area contributed by atoms with E-state index in [1.807, 2.05) is 12.1 Å². The van der Waals surface area contributed by atoms with Crippen molar-refractivity contribution < 1.29 is 9.84 Å². The molecule has 1 saturated heterocycles. The van der Waals surface area contributed by atoms with Crippen LogP contribution in [0, 0.1) is 0 Å². The Morgan fingerprint density at radius 1 is 1.50 bits per heavy atom. The average molecular weight is 205 g/mol. The van der Waals surface area contributed by atoms with Crippen LogP contribution in [0.15, 0.2) is 12.1 Å². The van der Waals surface area contributed by atoms with Crippen LogP contribution in [-0.4, -0.2) is 24.4 Å². The van der Waals surface area contributed by atoms with Gasteiger partial charge in [-0.3, -0.25) is 0 Å². The molecule has 0 bridgehead atoms. The third kappa shape index (κ3) is 1.50. The summed E-state index contributed by atoms with van der Waals surface area (Å²) in [7, 11) is 0. The summed E-state index contributed by atoms with van der Waals surface area (Å²) in [6.07, 6.45) is -0.361. The molecular weight excluding hydrogens is 196 g/mol. The maximum absolute atomic E-state index is 9.49. The quantitative estimate of drug-likeness (QED) is 0.757. The zero-order valence-electron chi connectivity index (χ0n) is 6.37. The Hall–Kier alpha value is -0.0900. The maximum Gasteiger partial charge on any atom is 0.0931 e. The van der Waals surface area contributed by atoms with Crippen molar-refractivity contribution in [1.82, 2.24) is 0 Å². The van der Waals surface area contributed by atoms with Gasteiger partial charge in [-0.15, -0.1) is 11.3 Å². The van der Waals surface area contributed by atoms with Crippen LogP contribution in [-0.2, 0) is 4.74 Å². The van der Waals surface area contributed by atoms with Gasteiger partial charge in [0.25, 0.3) is 0 Å². The highest BCUT2D eigenvalue weighted by Gasteiger charge is 2.28. The van der Waals surface area contributed by atoms with E-state index in [1.165, 1.54) is 11.3 Å². The van der Waals surface area contributed by atoms with E-state index in [4.69, 9.17) is 16.3 Å². The summed E-state index contributed by atoms with van der Waals surface area (Å²) in [4.78, 5) is 1.12. The molecule has 0 unspecified atom stereocenters. The standard InChI is InChI=1S/C8H9ClO2S/c9-8-2-1-7(12-8)5-3-11-4-6(5)10/h1-2,5-6,10H,3-4H2/t5-,6-/m1/s1. The Morgan fingerprint density at radius 2 is 2.33 bits per heavy atom. The molecule has 12 heavy (non-hydrogen) atoms. The first-order chi connectivity index (χ1) is 5.77. The van der Waals surface area contributed by atoms with Gasteiger partial charge in [-0.05, 0) is 12.1 Å². The van der Waals surface area contributed by atoms with Crippen molar-refractivity contribution in [3.05, 3.63) is 21.3 Å². The number of hydrogen-bond donors (Lipinski definition) is 1. The molecule has 2 atom stereocenters. The molecule has 4 heteroatoms. The van der Waals surface area contributed by atoms with Gasteiger partial charge in [-0.25, -0.2) is 0 Å². The number of halogens is 1. The first kappa shape index (κ1) is 8.51. The lowest BCUT2D eigenvalue weighted by Gasteiger charge is -2.08. The van der Waals surface area contributed by atoms with Crippen LogP contribution >= 0.6 is 22.9 Å². The molecule has 1 aliphatic heterocycles. The summed E-state index contributed by atoms with van der Waals surface area (Å²) in [5.74, 6) is 0.127. The Labute approximate surface area is 79.7 Å². The molecule has 1 N–H and O–H groups in total. The highest BCUT2D eigenvalue weighted by Crippen LogP contribution is 2.33. The summed E-state index contributed by atoms with van der Waals surface area (Å²) in [5.41, 5.74) is 0. The van der Waals surface area contributed by atoms with Gasteiger partial charge in [0, 0.05) is 10.8 Å². The second kappa shape index (κ2) is 3.34. The normalized spacial score (nSPS) is 29.5. The molecule has 1 aliphatic rings. The summed E-state index contributed by atoms with van der Waals surface area (Å²) in [5, 5.41) is 9.49. The molecule has 0 amide bonds. The zero-order valence-corrected chi connectivity index (χ0v) is 7.94. The zero-order chi connectivity index (χ0) is 8.55. The van der Waals surface area contributed by atoms with Crippen molar-refractivity contribution in [2.75, 3.05) is 13.2 Å². The number of ether oxygens (including phenoxy) is 1. The fourth-order valence-electron chi connectivity index (χ4n) is 1.34. The van der Waals surface area contributed by atoms with E-state index < -0.39 is 0 Å². The van der Waals surface area contributed by atoms with E-state index in [9.17, 15) is 5.11 Å². The first-order valence-corrected chi connectivity index (χ1v) is 4.98. The third-order valence-electron chi connectivity index (χ3n) is 2.01. The highest BCUT2D eigenvalue weighted by atomic mass is 35.5. The maximum atomic E-state index is 9.49. The topological polar surface area (TPSA) is 29.5 Å². The smallest absolute Gasteiger partial charge is 0.0931 e. The lowest BCUT2D eigenvalue weighted by Crippen LogP contribution is -2.14. The average Bonchev–Trinajstić information content (AvgIpc) is 2.58. The first-order valence-electron chi connectivity index (χ1n) is 3.78. The van der Waals surface area contributed by atoms with Crippen LogP contribution in [0.1, 0.15) is 10.8 Å². The molecule has 66 valence electrons. The van der Waals surface area contributed by atoms with Crippen LogP contribution < -0.4 is 0 Å². The molecular formula is C8H9ClO2S. The molecule has 0 aliphatic carbocycles. The molecule has 2 nitrogen and oxygen atoms in total. The minimum absolute atomic E-state index is 0.127. The van der Waals surface area contributed by atoms with Crippen molar-refractivity contribution in [2.24, 2.45) is 0 Å². The Kier molecular flexibility index (Phi) is 2.37. The Balaban J connectivity index is 2.19. The van der Waals surface area contributed by atoms with Crippen LogP contribution in [0.3, 0.4) is 0 Å². The SMILES string of the molecule is O[C@@H]1COC[C@H]1c1ccc(Cl)s1. The summed E-state index contributed by atoms with van der Waals surface area (Å²) >= 11 is 7.30. The molecule has 1 fully saturated rings. The van der Waals surface area contributed by atoms with E-state index in [2.05, 4.69) is 0 Å². The number of rotatable bonds is 1. The van der Waals surface area contributed by atoms with Crippen molar-refractivity contribution in [3.8, 4) is 0 Å². The minimum Gasteiger partial charge on any atom is -0.390 e. The van der Waals surface area contributed by atoms with Crippen molar-refractivity contribution in [3.63, 3.8) is 0 Å². The molecule has 0 radical (unpaired) electrons. The minimum atomic E-state index is -0.361. The predicted octanol–water partition coefficient (Wildman–Crippen LogP) is 1.88. The summed E-state index contributed by atoms with van der Waals surface area (Å²) in [6.45, 7) is 1.05. The highest BCUT2D eigenvalue weighted by molar-refractivity contribution is 7.16. The van der Waals surface area contributed by atoms with E-state index >= 15 is 0 Å². The Bertz CT molecular complexity index is 274. The van der Waals surface area contributed by atoms with Gasteiger partial charge in [-0.1, -0.05) is 11.6 Å². The van der Waals surface area contributed by atoms with Gasteiger partial charge in [0.2, 0.25) is 0 Å². The van der Waals surface area contributed by atoms with Gasteiger partial charge in [0.1, 0.15) is 0 Å². The molecule has 0 spiro atoms. The van der Waals surface area contributed by atoms with E-state index in [1.54, 1.807) is 0 Å². The predicted molar refractivity (Wildman–Crippen MR) is 48.9 cm³/mol. The van der Waals surface area contributed by atoms with Gasteiger partial charge < -0.3 is 9.84 Å². The lowest BCUT2D eigenvalue weighted by atomic mass is 10.1. The molecule has 2 rings (SSSR count). The van der Waals surface area contributed by atoms with Crippen LogP contribution in [0.25, 0.3) is 0 Å². The van der Waals surface area contributed by atoms with Crippen molar-refractivity contribution in [2.45, 2.75) is 12.0 Å². The van der Waals surface area contributed by atoms with E-state index in [0.29, 0.717) is 13.2 Å². The number of aliphatic hydroxyl groups excluding tert-OH is 1. The number of aliphatic hydroxyl groups is 1. The fraction of sp³-hybridized carbons (Fsp3) is 0.500. The van der Waals surface area contributed by atoms with E-state index in [0.717, 1.165) is 9.21 Å². The van der Waals surface area contributed by atoms with Gasteiger partial charge in [0.15, 0.2) is 0 Å². The number of thiophene rings is 1. The van der Waals surface area contributed by atoms with Crippen LogP contribution in [0.2, 0.25) is 4.34 Å². The van der Waals surface area contributed by atoms with E-state index in [-0.39, 0.29) is 12.0 Å². The second-order valence-electron chi connectivity index (χ2n) is 2.85. The monoisotopic (exact) mass is 204 g/mol. The van der Waals surface area contributed by atoms with Crippen molar-refractivity contribution >= 4 is 22.9 Å². The fourth-order valence-corrected chi connectivity index (χ4v) is 2.55. The largest absolute Gasteiger partial charge is 0.390 e. The van der Waals surface area contributed by atoms with Gasteiger partial charge in [-0.2, -0.15) is 0 Å². The lowest BCUT2D eigenvalue weighted by molar-refractivity contribution is 0.125. The summed E-state index contributed by atoms with van der Waals surface area (Å²) < 4.78 is 5.91. The summed E-state index contributed by atoms with van der Waals surface area (Å²) in [6, 6.07) is 3.81. The van der Waals surface area contributed by atoms with Gasteiger partial charge >= 0.3 is 0 Å². The van der Waals surface area contributed by atoms with Crippen molar-refractivity contribution in [1.29, 1.82) is 0 Å². The molecule has 0 saturated carbocycles.